The summed E-state index contributed by atoms with van der Waals surface area (Å²) in [5.41, 5.74) is 0. The van der Waals surface area contributed by atoms with Crippen LogP contribution in [0.4, 0.5) is 0 Å². The van der Waals surface area contributed by atoms with Crippen molar-refractivity contribution in [3.8, 4) is 0 Å². The molecular formula is C9H20N2O2S. The molecule has 2 N–H and O–H groups in total. The minimum Gasteiger partial charge on any atom is -0.314 e. The van der Waals surface area contributed by atoms with Crippen molar-refractivity contribution in [2.45, 2.75) is 38.1 Å². The van der Waals surface area contributed by atoms with Crippen molar-refractivity contribution in [2.75, 3.05) is 19.3 Å². The van der Waals surface area contributed by atoms with Crippen LogP contribution in [-0.4, -0.2) is 33.8 Å². The van der Waals surface area contributed by atoms with Crippen LogP contribution in [0.2, 0.25) is 0 Å². The van der Waals surface area contributed by atoms with Gasteiger partial charge in [0.05, 0.1) is 6.26 Å². The first kappa shape index (κ1) is 11.9. The lowest BCUT2D eigenvalue weighted by atomic mass is 10.1. The van der Waals surface area contributed by atoms with E-state index in [9.17, 15) is 8.42 Å². The maximum absolute atomic E-state index is 10.8. The van der Waals surface area contributed by atoms with Gasteiger partial charge in [0, 0.05) is 12.6 Å². The first-order valence-corrected chi connectivity index (χ1v) is 7.15. The van der Waals surface area contributed by atoms with Crippen molar-refractivity contribution in [1.29, 1.82) is 0 Å². The number of sulfonamides is 1. The van der Waals surface area contributed by atoms with Gasteiger partial charge in [0.25, 0.3) is 0 Å². The molecule has 0 bridgehead atoms. The Labute approximate surface area is 86.5 Å². The molecule has 4 nitrogen and oxygen atoms in total. The third-order valence-electron chi connectivity index (χ3n) is 2.52. The molecule has 1 unspecified atom stereocenters. The molecule has 1 atom stereocenters. The van der Waals surface area contributed by atoms with E-state index in [0.29, 0.717) is 12.6 Å². The fraction of sp³-hybridized carbons (Fsp3) is 1.00. The van der Waals surface area contributed by atoms with E-state index in [2.05, 4.69) is 10.0 Å². The summed E-state index contributed by atoms with van der Waals surface area (Å²) in [6.07, 6.45) is 7.07. The Hall–Kier alpha value is -0.130. The molecule has 0 aromatic carbocycles. The number of hydrogen-bond acceptors (Lipinski definition) is 3. The van der Waals surface area contributed by atoms with Gasteiger partial charge in [-0.1, -0.05) is 12.8 Å². The molecule has 1 heterocycles. The summed E-state index contributed by atoms with van der Waals surface area (Å²) in [6.45, 7) is 1.63. The average Bonchev–Trinajstić information content (AvgIpc) is 2.30. The summed E-state index contributed by atoms with van der Waals surface area (Å²) < 4.78 is 24.1. The van der Waals surface area contributed by atoms with Crippen molar-refractivity contribution in [3.63, 3.8) is 0 Å². The molecule has 0 amide bonds. The van der Waals surface area contributed by atoms with Crippen LogP contribution in [0, 0.1) is 0 Å². The van der Waals surface area contributed by atoms with Crippen molar-refractivity contribution < 1.29 is 8.42 Å². The normalized spacial score (nSPS) is 24.5. The summed E-state index contributed by atoms with van der Waals surface area (Å²) in [5.74, 6) is 0. The predicted molar refractivity (Wildman–Crippen MR) is 57.7 cm³/mol. The van der Waals surface area contributed by atoms with Crippen LogP contribution in [0.1, 0.15) is 32.1 Å². The van der Waals surface area contributed by atoms with E-state index in [4.69, 9.17) is 0 Å². The smallest absolute Gasteiger partial charge is 0.208 e. The van der Waals surface area contributed by atoms with Crippen molar-refractivity contribution in [3.05, 3.63) is 0 Å². The van der Waals surface area contributed by atoms with Crippen molar-refractivity contribution in [2.24, 2.45) is 0 Å². The monoisotopic (exact) mass is 220 g/mol. The van der Waals surface area contributed by atoms with Crippen molar-refractivity contribution in [1.82, 2.24) is 10.0 Å². The van der Waals surface area contributed by atoms with E-state index in [1.165, 1.54) is 31.9 Å². The first-order chi connectivity index (χ1) is 6.58. The minimum atomic E-state index is -3.01. The van der Waals surface area contributed by atoms with E-state index in [1.54, 1.807) is 0 Å². The maximum atomic E-state index is 10.8. The van der Waals surface area contributed by atoms with Crippen LogP contribution < -0.4 is 10.0 Å². The molecule has 0 aliphatic carbocycles. The van der Waals surface area contributed by atoms with E-state index in [-0.39, 0.29) is 0 Å². The predicted octanol–water partition coefficient (Wildman–Crippen LogP) is 0.458. The molecule has 14 heavy (non-hydrogen) atoms. The Morgan fingerprint density at radius 1 is 1.36 bits per heavy atom. The second-order valence-electron chi connectivity index (χ2n) is 3.96. The van der Waals surface area contributed by atoms with Gasteiger partial charge in [-0.3, -0.25) is 0 Å². The molecule has 1 saturated heterocycles. The Kier molecular flexibility index (Phi) is 4.84. The van der Waals surface area contributed by atoms with Gasteiger partial charge in [0.15, 0.2) is 0 Å². The summed E-state index contributed by atoms with van der Waals surface area (Å²) in [4.78, 5) is 0. The van der Waals surface area contributed by atoms with Gasteiger partial charge < -0.3 is 5.32 Å². The SMILES string of the molecule is CS(=O)(=O)NCCC1CCCCCN1. The highest BCUT2D eigenvalue weighted by Gasteiger charge is 2.11. The van der Waals surface area contributed by atoms with E-state index in [0.717, 1.165) is 13.0 Å². The topological polar surface area (TPSA) is 58.2 Å². The highest BCUT2D eigenvalue weighted by molar-refractivity contribution is 7.88. The maximum Gasteiger partial charge on any atom is 0.208 e. The summed E-state index contributed by atoms with van der Waals surface area (Å²) in [6, 6.07) is 0.492. The van der Waals surface area contributed by atoms with Gasteiger partial charge in [-0.2, -0.15) is 0 Å². The summed E-state index contributed by atoms with van der Waals surface area (Å²) in [5, 5.41) is 3.43. The second-order valence-corrected chi connectivity index (χ2v) is 5.79. The molecule has 1 rings (SSSR count). The molecule has 1 aliphatic rings. The zero-order chi connectivity index (χ0) is 10.4. The molecule has 0 spiro atoms. The van der Waals surface area contributed by atoms with Crippen LogP contribution in [0.3, 0.4) is 0 Å². The summed E-state index contributed by atoms with van der Waals surface area (Å²) >= 11 is 0. The molecular weight excluding hydrogens is 200 g/mol. The van der Waals surface area contributed by atoms with E-state index < -0.39 is 10.0 Å². The highest BCUT2D eigenvalue weighted by atomic mass is 32.2. The lowest BCUT2D eigenvalue weighted by molar-refractivity contribution is 0.475. The Bertz CT molecular complexity index is 244. The van der Waals surface area contributed by atoms with Crippen LogP contribution in [0.5, 0.6) is 0 Å². The van der Waals surface area contributed by atoms with Gasteiger partial charge >= 0.3 is 0 Å². The number of hydrogen-bond donors (Lipinski definition) is 2. The molecule has 5 heteroatoms. The van der Waals surface area contributed by atoms with E-state index >= 15 is 0 Å². The highest BCUT2D eigenvalue weighted by Crippen LogP contribution is 2.10. The second kappa shape index (κ2) is 5.68. The van der Waals surface area contributed by atoms with Crippen LogP contribution >= 0.6 is 0 Å². The molecule has 0 aromatic heterocycles. The van der Waals surface area contributed by atoms with Gasteiger partial charge in [-0.25, -0.2) is 13.1 Å². The molecule has 1 aliphatic heterocycles. The molecule has 84 valence electrons. The number of nitrogens with one attached hydrogen (secondary N) is 2. The van der Waals surface area contributed by atoms with Crippen LogP contribution in [0.15, 0.2) is 0 Å². The standard InChI is InChI=1S/C9H20N2O2S/c1-14(12,13)11-8-6-9-5-3-2-4-7-10-9/h9-11H,2-8H2,1H3. The zero-order valence-corrected chi connectivity index (χ0v) is 9.57. The lowest BCUT2D eigenvalue weighted by Gasteiger charge is -2.15. The molecule has 0 aromatic rings. The third-order valence-corrected chi connectivity index (χ3v) is 3.25. The van der Waals surface area contributed by atoms with Crippen LogP contribution in [0.25, 0.3) is 0 Å². The number of rotatable bonds is 4. The fourth-order valence-electron chi connectivity index (χ4n) is 1.77. The van der Waals surface area contributed by atoms with Crippen molar-refractivity contribution >= 4 is 10.0 Å². The average molecular weight is 220 g/mol. The van der Waals surface area contributed by atoms with Crippen LogP contribution in [-0.2, 0) is 10.0 Å². The van der Waals surface area contributed by atoms with Gasteiger partial charge in [-0.15, -0.1) is 0 Å². The van der Waals surface area contributed by atoms with Gasteiger partial charge in [0.2, 0.25) is 10.0 Å². The van der Waals surface area contributed by atoms with Gasteiger partial charge in [0.1, 0.15) is 0 Å². The molecule has 0 radical (unpaired) electrons. The lowest BCUT2D eigenvalue weighted by Crippen LogP contribution is -2.33. The Morgan fingerprint density at radius 3 is 2.86 bits per heavy atom. The van der Waals surface area contributed by atoms with Gasteiger partial charge in [-0.05, 0) is 25.8 Å². The fourth-order valence-corrected chi connectivity index (χ4v) is 2.25. The first-order valence-electron chi connectivity index (χ1n) is 5.26. The summed E-state index contributed by atoms with van der Waals surface area (Å²) in [7, 11) is -3.01. The quantitative estimate of drug-likeness (QED) is 0.723. The zero-order valence-electron chi connectivity index (χ0n) is 8.75. The van der Waals surface area contributed by atoms with E-state index in [1.807, 2.05) is 0 Å². The minimum absolute atomic E-state index is 0.492. The molecule has 1 fully saturated rings. The Balaban J connectivity index is 2.16. The third kappa shape index (κ3) is 5.57. The Morgan fingerprint density at radius 2 is 2.14 bits per heavy atom. The molecule has 0 saturated carbocycles. The largest absolute Gasteiger partial charge is 0.314 e.